The number of aromatic carboxylic acids is 1. The van der Waals surface area contributed by atoms with Gasteiger partial charge in [-0.05, 0) is 0 Å². The topological polar surface area (TPSA) is 89.0 Å². The second kappa shape index (κ2) is 5.38. The first kappa shape index (κ1) is 12.9. The second-order valence-electron chi connectivity index (χ2n) is 3.72. The highest BCUT2D eigenvalue weighted by atomic mass is 16.6. The molecule has 1 amide bonds. The van der Waals surface area contributed by atoms with Gasteiger partial charge in [0.25, 0.3) is 0 Å². The van der Waals surface area contributed by atoms with E-state index in [2.05, 4.69) is 11.6 Å². The number of carbonyl (C=O) groups is 2. The van der Waals surface area contributed by atoms with Gasteiger partial charge in [0.15, 0.2) is 11.6 Å². The van der Waals surface area contributed by atoms with E-state index in [4.69, 9.17) is 14.6 Å². The van der Waals surface area contributed by atoms with E-state index in [9.17, 15) is 9.59 Å². The lowest BCUT2D eigenvalue weighted by atomic mass is 10.2. The van der Waals surface area contributed by atoms with Gasteiger partial charge in [0.1, 0.15) is 13.2 Å². The largest absolute Gasteiger partial charge is 0.488 e. The van der Waals surface area contributed by atoms with Crippen molar-refractivity contribution in [3.05, 3.63) is 30.5 Å². The molecule has 1 aliphatic heterocycles. The van der Waals surface area contributed by atoms with Crippen LogP contribution in [0.2, 0.25) is 0 Å². The van der Waals surface area contributed by atoms with Gasteiger partial charge in [-0.3, -0.25) is 4.90 Å². The van der Waals surface area contributed by atoms with Gasteiger partial charge >= 0.3 is 12.1 Å². The van der Waals surface area contributed by atoms with Crippen molar-refractivity contribution in [2.24, 2.45) is 0 Å². The second-order valence-corrected chi connectivity index (χ2v) is 3.72. The summed E-state index contributed by atoms with van der Waals surface area (Å²) in [7, 11) is 0. The molecule has 1 aliphatic rings. The number of hydrogen-bond acceptors (Lipinski definition) is 5. The first-order valence-corrected chi connectivity index (χ1v) is 5.55. The number of rotatable bonds is 3. The molecule has 0 saturated heterocycles. The van der Waals surface area contributed by atoms with Crippen molar-refractivity contribution in [2.45, 2.75) is 0 Å². The first-order valence-electron chi connectivity index (χ1n) is 5.55. The zero-order valence-electron chi connectivity index (χ0n) is 10.0. The van der Waals surface area contributed by atoms with E-state index in [1.54, 1.807) is 0 Å². The molecule has 0 saturated carbocycles. The summed E-state index contributed by atoms with van der Waals surface area (Å²) in [6.07, 6.45) is 2.06. The number of hydrogen-bond donors (Lipinski definition) is 1. The standard InChI is InChI=1S/C12H12N2O5/c1-2-4-19-12(17)14-3-5-18-9-6-8(11(15)16)7-13-10(9)14/h2,6-7H,1,3-5H2,(H,15,16). The fourth-order valence-electron chi connectivity index (χ4n) is 1.60. The van der Waals surface area contributed by atoms with Gasteiger partial charge in [0.2, 0.25) is 0 Å². The molecule has 0 unspecified atom stereocenters. The molecule has 7 heteroatoms. The Morgan fingerprint density at radius 2 is 2.42 bits per heavy atom. The van der Waals surface area contributed by atoms with E-state index in [1.807, 2.05) is 0 Å². The van der Waals surface area contributed by atoms with Gasteiger partial charge in [0, 0.05) is 12.3 Å². The Bertz CT molecular complexity index is 529. The maximum Gasteiger partial charge on any atom is 0.416 e. The van der Waals surface area contributed by atoms with Crippen LogP contribution in [0.3, 0.4) is 0 Å². The van der Waals surface area contributed by atoms with Gasteiger partial charge in [-0.2, -0.15) is 0 Å². The van der Waals surface area contributed by atoms with Crippen molar-refractivity contribution >= 4 is 17.9 Å². The van der Waals surface area contributed by atoms with Crippen molar-refractivity contribution in [1.82, 2.24) is 4.98 Å². The van der Waals surface area contributed by atoms with Crippen LogP contribution in [0.5, 0.6) is 5.75 Å². The van der Waals surface area contributed by atoms with Crippen LogP contribution in [0.15, 0.2) is 24.9 Å². The smallest absolute Gasteiger partial charge is 0.416 e. The average molecular weight is 264 g/mol. The van der Waals surface area contributed by atoms with Crippen LogP contribution in [-0.2, 0) is 4.74 Å². The third-order valence-corrected chi connectivity index (χ3v) is 2.45. The maximum absolute atomic E-state index is 11.8. The SMILES string of the molecule is C=CCOC(=O)N1CCOc2cc(C(=O)O)cnc21. The van der Waals surface area contributed by atoms with Crippen LogP contribution in [-0.4, -0.2) is 41.9 Å². The third kappa shape index (κ3) is 2.65. The lowest BCUT2D eigenvalue weighted by Crippen LogP contribution is -2.39. The molecule has 19 heavy (non-hydrogen) atoms. The molecule has 2 rings (SSSR count). The number of carboxylic acid groups (broad SMARTS) is 1. The van der Waals surface area contributed by atoms with E-state index >= 15 is 0 Å². The van der Waals surface area contributed by atoms with Crippen LogP contribution in [0.25, 0.3) is 0 Å². The highest BCUT2D eigenvalue weighted by molar-refractivity contribution is 5.91. The zero-order chi connectivity index (χ0) is 13.8. The molecule has 0 aliphatic carbocycles. The molecular formula is C12H12N2O5. The van der Waals surface area contributed by atoms with E-state index in [-0.39, 0.29) is 30.3 Å². The summed E-state index contributed by atoms with van der Waals surface area (Å²) in [5.41, 5.74) is 0.0000545. The van der Waals surface area contributed by atoms with Crippen molar-refractivity contribution in [1.29, 1.82) is 0 Å². The summed E-state index contributed by atoms with van der Waals surface area (Å²) < 4.78 is 10.2. The quantitative estimate of drug-likeness (QED) is 0.828. The predicted octanol–water partition coefficient (Wildman–Crippen LogP) is 1.30. The minimum absolute atomic E-state index is 0.0000545. The Morgan fingerprint density at radius 1 is 1.63 bits per heavy atom. The Labute approximate surface area is 109 Å². The maximum atomic E-state index is 11.8. The molecule has 100 valence electrons. The molecule has 1 aromatic rings. The minimum Gasteiger partial charge on any atom is -0.488 e. The highest BCUT2D eigenvalue weighted by Crippen LogP contribution is 2.30. The third-order valence-electron chi connectivity index (χ3n) is 2.45. The molecule has 0 radical (unpaired) electrons. The number of carboxylic acids is 1. The first-order chi connectivity index (χ1) is 9.13. The van der Waals surface area contributed by atoms with E-state index in [1.165, 1.54) is 23.2 Å². The van der Waals surface area contributed by atoms with Crippen molar-refractivity contribution < 1.29 is 24.2 Å². The molecule has 1 N–H and O–H groups in total. The number of nitrogens with zero attached hydrogens (tertiary/aromatic N) is 2. The van der Waals surface area contributed by atoms with Gasteiger partial charge in [-0.1, -0.05) is 12.7 Å². The molecule has 0 bridgehead atoms. The summed E-state index contributed by atoms with van der Waals surface area (Å²) in [5, 5.41) is 8.87. The monoisotopic (exact) mass is 264 g/mol. The highest BCUT2D eigenvalue weighted by Gasteiger charge is 2.27. The summed E-state index contributed by atoms with van der Waals surface area (Å²) in [4.78, 5) is 27.9. The van der Waals surface area contributed by atoms with Crippen LogP contribution in [0, 0.1) is 0 Å². The number of aromatic nitrogens is 1. The van der Waals surface area contributed by atoms with Crippen LogP contribution < -0.4 is 9.64 Å². The van der Waals surface area contributed by atoms with Gasteiger partial charge in [-0.25, -0.2) is 14.6 Å². The lowest BCUT2D eigenvalue weighted by molar-refractivity contribution is 0.0696. The average Bonchev–Trinajstić information content (AvgIpc) is 2.43. The number of ether oxygens (including phenoxy) is 2. The van der Waals surface area contributed by atoms with Crippen molar-refractivity contribution in [2.75, 3.05) is 24.7 Å². The van der Waals surface area contributed by atoms with Crippen LogP contribution in [0.4, 0.5) is 10.6 Å². The van der Waals surface area contributed by atoms with Crippen molar-refractivity contribution in [3.63, 3.8) is 0 Å². The Kier molecular flexibility index (Phi) is 3.65. The fraction of sp³-hybridized carbons (Fsp3) is 0.250. The molecule has 1 aromatic heterocycles. The van der Waals surface area contributed by atoms with Crippen LogP contribution >= 0.6 is 0 Å². The zero-order valence-corrected chi connectivity index (χ0v) is 10.0. The normalized spacial score (nSPS) is 13.2. The molecule has 2 heterocycles. The molecule has 0 fully saturated rings. The number of carbonyl (C=O) groups excluding carboxylic acids is 1. The van der Waals surface area contributed by atoms with Gasteiger partial charge in [-0.15, -0.1) is 0 Å². The Morgan fingerprint density at radius 3 is 3.11 bits per heavy atom. The number of fused-ring (bicyclic) bond motifs is 1. The predicted molar refractivity (Wildman–Crippen MR) is 65.6 cm³/mol. The summed E-state index contributed by atoms with van der Waals surface area (Å²) in [6.45, 7) is 4.09. The van der Waals surface area contributed by atoms with E-state index < -0.39 is 12.1 Å². The molecule has 0 aromatic carbocycles. The minimum atomic E-state index is -1.11. The van der Waals surface area contributed by atoms with Gasteiger partial charge in [0.05, 0.1) is 12.1 Å². The molecule has 0 spiro atoms. The molecular weight excluding hydrogens is 252 g/mol. The Hall–Kier alpha value is -2.57. The molecule has 7 nitrogen and oxygen atoms in total. The summed E-state index contributed by atoms with van der Waals surface area (Å²) in [5.74, 6) is -0.600. The lowest BCUT2D eigenvalue weighted by Gasteiger charge is -2.27. The summed E-state index contributed by atoms with van der Waals surface area (Å²) in [6, 6.07) is 1.33. The Balaban J connectivity index is 2.26. The number of anilines is 1. The number of pyridine rings is 1. The molecule has 0 atom stereocenters. The van der Waals surface area contributed by atoms with Crippen molar-refractivity contribution in [3.8, 4) is 5.75 Å². The number of amides is 1. The van der Waals surface area contributed by atoms with E-state index in [0.717, 1.165) is 0 Å². The summed E-state index contributed by atoms with van der Waals surface area (Å²) >= 11 is 0. The van der Waals surface area contributed by atoms with Crippen LogP contribution in [0.1, 0.15) is 10.4 Å². The van der Waals surface area contributed by atoms with E-state index in [0.29, 0.717) is 6.54 Å². The fourth-order valence-corrected chi connectivity index (χ4v) is 1.60. The van der Waals surface area contributed by atoms with Gasteiger partial charge < -0.3 is 14.6 Å².